The van der Waals surface area contributed by atoms with Crippen LogP contribution in [0.4, 0.5) is 4.79 Å². The standard InChI is InChI=1S/C20H27N5O2/c26-19(13-15-6-7-17-18(12-15)22-14-21-17)24-8-10-25(11-9-24)20(27)23-16-4-2-1-3-5-16/h6-7,12,14,16H,1-5,8-11,13H2,(H,21,22)(H,23,27). The number of nitrogens with one attached hydrogen (secondary N) is 2. The molecular formula is C20H27N5O2. The topological polar surface area (TPSA) is 81.3 Å². The van der Waals surface area contributed by atoms with Crippen molar-refractivity contribution in [3.8, 4) is 0 Å². The number of carbonyl (C=O) groups excluding carboxylic acids is 2. The van der Waals surface area contributed by atoms with E-state index in [0.717, 1.165) is 29.4 Å². The number of benzene rings is 1. The molecule has 0 unspecified atom stereocenters. The largest absolute Gasteiger partial charge is 0.345 e. The van der Waals surface area contributed by atoms with E-state index < -0.39 is 0 Å². The molecule has 144 valence electrons. The van der Waals surface area contributed by atoms with E-state index in [9.17, 15) is 9.59 Å². The Balaban J connectivity index is 1.26. The van der Waals surface area contributed by atoms with E-state index in [4.69, 9.17) is 0 Å². The first kappa shape index (κ1) is 17.8. The van der Waals surface area contributed by atoms with Gasteiger partial charge in [0.1, 0.15) is 0 Å². The molecule has 0 radical (unpaired) electrons. The molecule has 1 aromatic heterocycles. The molecule has 4 rings (SSSR count). The molecule has 3 amide bonds. The number of urea groups is 1. The van der Waals surface area contributed by atoms with Crippen LogP contribution in [-0.4, -0.2) is 63.9 Å². The van der Waals surface area contributed by atoms with Crippen molar-refractivity contribution in [2.24, 2.45) is 0 Å². The van der Waals surface area contributed by atoms with Crippen LogP contribution in [0.25, 0.3) is 11.0 Å². The summed E-state index contributed by atoms with van der Waals surface area (Å²) in [5.74, 6) is 0.112. The molecule has 2 fully saturated rings. The number of nitrogens with zero attached hydrogens (tertiary/aromatic N) is 3. The van der Waals surface area contributed by atoms with Gasteiger partial charge in [-0.05, 0) is 30.5 Å². The third kappa shape index (κ3) is 4.23. The summed E-state index contributed by atoms with van der Waals surface area (Å²) >= 11 is 0. The van der Waals surface area contributed by atoms with Crippen molar-refractivity contribution in [2.75, 3.05) is 26.2 Å². The summed E-state index contributed by atoms with van der Waals surface area (Å²) in [6, 6.07) is 6.22. The fraction of sp³-hybridized carbons (Fsp3) is 0.550. The normalized spacial score (nSPS) is 18.7. The number of carbonyl (C=O) groups is 2. The van der Waals surface area contributed by atoms with Crippen LogP contribution >= 0.6 is 0 Å². The Bertz CT molecular complexity index is 804. The Morgan fingerprint density at radius 2 is 1.81 bits per heavy atom. The maximum atomic E-state index is 12.6. The first-order chi connectivity index (χ1) is 13.2. The number of piperazine rings is 1. The summed E-state index contributed by atoms with van der Waals surface area (Å²) in [4.78, 5) is 36.0. The van der Waals surface area contributed by atoms with Gasteiger partial charge in [0.15, 0.2) is 0 Å². The average molecular weight is 369 g/mol. The molecule has 2 aromatic rings. The summed E-state index contributed by atoms with van der Waals surface area (Å²) in [7, 11) is 0. The van der Waals surface area contributed by atoms with Crippen LogP contribution in [0, 0.1) is 0 Å². The average Bonchev–Trinajstić information content (AvgIpc) is 3.16. The second-order valence-electron chi connectivity index (χ2n) is 7.58. The summed E-state index contributed by atoms with van der Waals surface area (Å²) in [5.41, 5.74) is 2.84. The lowest BCUT2D eigenvalue weighted by Crippen LogP contribution is -2.54. The predicted octanol–water partition coefficient (Wildman–Crippen LogP) is 2.29. The van der Waals surface area contributed by atoms with Gasteiger partial charge >= 0.3 is 6.03 Å². The summed E-state index contributed by atoms with van der Waals surface area (Å²) in [6.45, 7) is 2.40. The number of fused-ring (bicyclic) bond motifs is 1. The lowest BCUT2D eigenvalue weighted by atomic mass is 9.96. The van der Waals surface area contributed by atoms with Crippen LogP contribution in [0.2, 0.25) is 0 Å². The van der Waals surface area contributed by atoms with E-state index in [2.05, 4.69) is 15.3 Å². The Labute approximate surface area is 159 Å². The lowest BCUT2D eigenvalue weighted by molar-refractivity contribution is -0.131. The van der Waals surface area contributed by atoms with Crippen molar-refractivity contribution >= 4 is 23.0 Å². The van der Waals surface area contributed by atoms with E-state index in [1.54, 1.807) is 6.33 Å². The lowest BCUT2D eigenvalue weighted by Gasteiger charge is -2.36. The highest BCUT2D eigenvalue weighted by Crippen LogP contribution is 2.18. The zero-order valence-electron chi connectivity index (χ0n) is 15.6. The molecule has 1 aliphatic carbocycles. The van der Waals surface area contributed by atoms with E-state index in [0.29, 0.717) is 38.6 Å². The fourth-order valence-electron chi connectivity index (χ4n) is 4.05. The molecule has 2 aliphatic rings. The van der Waals surface area contributed by atoms with Crippen LogP contribution in [0.3, 0.4) is 0 Å². The molecule has 1 saturated carbocycles. The van der Waals surface area contributed by atoms with E-state index in [1.165, 1.54) is 19.3 Å². The van der Waals surface area contributed by atoms with Crippen LogP contribution in [0.1, 0.15) is 37.7 Å². The molecule has 2 N–H and O–H groups in total. The first-order valence-corrected chi connectivity index (χ1v) is 9.94. The number of imidazole rings is 1. The summed E-state index contributed by atoms with van der Waals surface area (Å²) in [5, 5.41) is 3.16. The predicted molar refractivity (Wildman–Crippen MR) is 103 cm³/mol. The van der Waals surface area contributed by atoms with E-state index >= 15 is 0 Å². The van der Waals surface area contributed by atoms with Crippen molar-refractivity contribution in [3.63, 3.8) is 0 Å². The molecule has 1 saturated heterocycles. The molecule has 27 heavy (non-hydrogen) atoms. The van der Waals surface area contributed by atoms with Crippen molar-refractivity contribution in [2.45, 2.75) is 44.6 Å². The third-order valence-corrected chi connectivity index (χ3v) is 5.69. The van der Waals surface area contributed by atoms with Gasteiger partial charge < -0.3 is 20.1 Å². The highest BCUT2D eigenvalue weighted by molar-refractivity contribution is 5.82. The number of hydrogen-bond acceptors (Lipinski definition) is 3. The number of aromatic amines is 1. The smallest absolute Gasteiger partial charge is 0.317 e. The van der Waals surface area contributed by atoms with Gasteiger partial charge in [-0.15, -0.1) is 0 Å². The quantitative estimate of drug-likeness (QED) is 0.871. The number of H-pyrrole nitrogens is 1. The Hall–Kier alpha value is -2.57. The van der Waals surface area contributed by atoms with Crippen LogP contribution in [0.5, 0.6) is 0 Å². The van der Waals surface area contributed by atoms with Crippen LogP contribution in [-0.2, 0) is 11.2 Å². The van der Waals surface area contributed by atoms with Gasteiger partial charge in [-0.1, -0.05) is 25.3 Å². The highest BCUT2D eigenvalue weighted by atomic mass is 16.2. The zero-order valence-corrected chi connectivity index (χ0v) is 15.6. The Morgan fingerprint density at radius 1 is 1.07 bits per heavy atom. The fourth-order valence-corrected chi connectivity index (χ4v) is 4.05. The molecule has 7 nitrogen and oxygen atoms in total. The van der Waals surface area contributed by atoms with Gasteiger partial charge in [0, 0.05) is 32.2 Å². The van der Waals surface area contributed by atoms with Crippen molar-refractivity contribution < 1.29 is 9.59 Å². The minimum Gasteiger partial charge on any atom is -0.345 e. The molecule has 0 atom stereocenters. The van der Waals surface area contributed by atoms with E-state index in [1.807, 2.05) is 28.0 Å². The maximum absolute atomic E-state index is 12.6. The minimum absolute atomic E-state index is 0.0266. The van der Waals surface area contributed by atoms with Gasteiger partial charge in [0.25, 0.3) is 0 Å². The molecule has 2 heterocycles. The van der Waals surface area contributed by atoms with Crippen LogP contribution in [0.15, 0.2) is 24.5 Å². The zero-order chi connectivity index (χ0) is 18.6. The SMILES string of the molecule is O=C(Cc1ccc2nc[nH]c2c1)N1CCN(C(=O)NC2CCCCC2)CC1. The summed E-state index contributed by atoms with van der Waals surface area (Å²) in [6.07, 6.45) is 7.91. The molecule has 1 aromatic carbocycles. The van der Waals surface area contributed by atoms with Crippen molar-refractivity contribution in [1.29, 1.82) is 0 Å². The maximum Gasteiger partial charge on any atom is 0.317 e. The molecular weight excluding hydrogens is 342 g/mol. The second-order valence-corrected chi connectivity index (χ2v) is 7.58. The third-order valence-electron chi connectivity index (χ3n) is 5.69. The second kappa shape index (κ2) is 7.98. The molecule has 1 aliphatic heterocycles. The highest BCUT2D eigenvalue weighted by Gasteiger charge is 2.26. The van der Waals surface area contributed by atoms with Crippen molar-refractivity contribution in [1.82, 2.24) is 25.1 Å². The summed E-state index contributed by atoms with van der Waals surface area (Å²) < 4.78 is 0. The minimum atomic E-state index is 0.0266. The van der Waals surface area contributed by atoms with Crippen molar-refractivity contribution in [3.05, 3.63) is 30.1 Å². The first-order valence-electron chi connectivity index (χ1n) is 9.94. The number of hydrogen-bond donors (Lipinski definition) is 2. The number of rotatable bonds is 3. The Kier molecular flexibility index (Phi) is 5.27. The van der Waals surface area contributed by atoms with Gasteiger partial charge in [-0.25, -0.2) is 9.78 Å². The Morgan fingerprint density at radius 3 is 2.59 bits per heavy atom. The van der Waals surface area contributed by atoms with Gasteiger partial charge in [0.05, 0.1) is 23.8 Å². The van der Waals surface area contributed by atoms with Crippen LogP contribution < -0.4 is 5.32 Å². The van der Waals surface area contributed by atoms with Gasteiger partial charge in [-0.3, -0.25) is 4.79 Å². The monoisotopic (exact) mass is 369 g/mol. The molecule has 7 heteroatoms. The number of amides is 3. The van der Waals surface area contributed by atoms with E-state index in [-0.39, 0.29) is 11.9 Å². The molecule has 0 spiro atoms. The van der Waals surface area contributed by atoms with Gasteiger partial charge in [-0.2, -0.15) is 0 Å². The number of aromatic nitrogens is 2. The van der Waals surface area contributed by atoms with Gasteiger partial charge in [0.2, 0.25) is 5.91 Å². The molecule has 0 bridgehead atoms.